The van der Waals surface area contributed by atoms with E-state index < -0.39 is 6.10 Å². The first-order chi connectivity index (χ1) is 6.84. The van der Waals surface area contributed by atoms with Gasteiger partial charge >= 0.3 is 0 Å². The van der Waals surface area contributed by atoms with E-state index in [0.29, 0.717) is 12.3 Å². The van der Waals surface area contributed by atoms with Crippen LogP contribution in [0.15, 0.2) is 11.6 Å². The molecular formula is C13H22O2. The largest absolute Gasteiger partial charge is 0.386 e. The molecule has 0 saturated carbocycles. The summed E-state index contributed by atoms with van der Waals surface area (Å²) in [5.74, 6) is 0.260. The van der Waals surface area contributed by atoms with E-state index in [1.807, 2.05) is 0 Å². The standard InChI is InChI=1S/C13H22O2/c1-9-6-5-7-13(3,4)11(9)8-12(15)10(2)14/h6,10-11,14H,5,7-8H2,1-4H3. The molecule has 1 aliphatic rings. The van der Waals surface area contributed by atoms with Crippen LogP contribution in [0.2, 0.25) is 0 Å². The van der Waals surface area contributed by atoms with Gasteiger partial charge in [0.25, 0.3) is 0 Å². The molecule has 2 atom stereocenters. The van der Waals surface area contributed by atoms with Crippen LogP contribution in [0.25, 0.3) is 0 Å². The first-order valence-corrected chi connectivity index (χ1v) is 5.72. The predicted octanol–water partition coefficient (Wildman–Crippen LogP) is 2.71. The maximum Gasteiger partial charge on any atom is 0.161 e. The summed E-state index contributed by atoms with van der Waals surface area (Å²) < 4.78 is 0. The van der Waals surface area contributed by atoms with Crippen LogP contribution in [0, 0.1) is 11.3 Å². The number of Topliss-reactive ketones (excluding diaryl/α,β-unsaturated/α-hetero) is 1. The smallest absolute Gasteiger partial charge is 0.161 e. The van der Waals surface area contributed by atoms with Crippen molar-refractivity contribution in [2.24, 2.45) is 11.3 Å². The number of hydrogen-bond acceptors (Lipinski definition) is 2. The minimum absolute atomic E-state index is 0.0391. The highest BCUT2D eigenvalue weighted by atomic mass is 16.3. The second kappa shape index (κ2) is 4.48. The third kappa shape index (κ3) is 2.91. The monoisotopic (exact) mass is 210 g/mol. The van der Waals surface area contributed by atoms with Gasteiger partial charge in [-0.15, -0.1) is 0 Å². The molecule has 2 unspecified atom stereocenters. The van der Waals surface area contributed by atoms with Gasteiger partial charge in [0.1, 0.15) is 6.10 Å². The van der Waals surface area contributed by atoms with E-state index in [1.165, 1.54) is 5.57 Å². The van der Waals surface area contributed by atoms with Crippen molar-refractivity contribution in [1.82, 2.24) is 0 Å². The Morgan fingerprint density at radius 3 is 2.73 bits per heavy atom. The lowest BCUT2D eigenvalue weighted by Crippen LogP contribution is -2.32. The van der Waals surface area contributed by atoms with E-state index in [2.05, 4.69) is 26.8 Å². The van der Waals surface area contributed by atoms with Gasteiger partial charge in [0.05, 0.1) is 0 Å². The molecule has 15 heavy (non-hydrogen) atoms. The number of carbonyl (C=O) groups is 1. The minimum atomic E-state index is -0.824. The van der Waals surface area contributed by atoms with Gasteiger partial charge < -0.3 is 5.11 Å². The number of carbonyl (C=O) groups excluding carboxylic acids is 1. The molecular weight excluding hydrogens is 188 g/mol. The van der Waals surface area contributed by atoms with Crippen LogP contribution < -0.4 is 0 Å². The Labute approximate surface area is 92.4 Å². The predicted molar refractivity (Wildman–Crippen MR) is 61.6 cm³/mol. The zero-order valence-electron chi connectivity index (χ0n) is 10.2. The van der Waals surface area contributed by atoms with E-state index in [4.69, 9.17) is 0 Å². The van der Waals surface area contributed by atoms with E-state index in [9.17, 15) is 9.90 Å². The van der Waals surface area contributed by atoms with Crippen molar-refractivity contribution < 1.29 is 9.90 Å². The quantitative estimate of drug-likeness (QED) is 0.727. The summed E-state index contributed by atoms with van der Waals surface area (Å²) in [5.41, 5.74) is 1.49. The maximum atomic E-state index is 11.6. The van der Waals surface area contributed by atoms with Crippen LogP contribution in [0.5, 0.6) is 0 Å². The van der Waals surface area contributed by atoms with Crippen molar-refractivity contribution in [3.05, 3.63) is 11.6 Å². The van der Waals surface area contributed by atoms with Gasteiger partial charge in [0.15, 0.2) is 5.78 Å². The average molecular weight is 210 g/mol. The van der Waals surface area contributed by atoms with Gasteiger partial charge in [0.2, 0.25) is 0 Å². The van der Waals surface area contributed by atoms with Crippen LogP contribution >= 0.6 is 0 Å². The van der Waals surface area contributed by atoms with Gasteiger partial charge in [-0.25, -0.2) is 0 Å². The Bertz CT molecular complexity index is 274. The third-order valence-electron chi connectivity index (χ3n) is 3.62. The minimum Gasteiger partial charge on any atom is -0.386 e. The summed E-state index contributed by atoms with van der Waals surface area (Å²) in [6.07, 6.45) is 4.12. The van der Waals surface area contributed by atoms with Crippen molar-refractivity contribution in [2.75, 3.05) is 0 Å². The highest BCUT2D eigenvalue weighted by Gasteiger charge is 2.34. The van der Waals surface area contributed by atoms with E-state index in [1.54, 1.807) is 6.92 Å². The molecule has 2 nitrogen and oxygen atoms in total. The van der Waals surface area contributed by atoms with Gasteiger partial charge in [-0.05, 0) is 38.0 Å². The molecule has 0 saturated heterocycles. The molecule has 0 fully saturated rings. The fourth-order valence-electron chi connectivity index (χ4n) is 2.41. The number of ketones is 1. The maximum absolute atomic E-state index is 11.6. The van der Waals surface area contributed by atoms with Crippen molar-refractivity contribution in [2.45, 2.75) is 53.1 Å². The highest BCUT2D eigenvalue weighted by Crippen LogP contribution is 2.42. The molecule has 1 N–H and O–H groups in total. The molecule has 0 aliphatic heterocycles. The Balaban J connectivity index is 2.77. The number of aliphatic hydroxyl groups excluding tert-OH is 1. The van der Waals surface area contributed by atoms with Crippen LogP contribution in [0.1, 0.15) is 47.0 Å². The summed E-state index contributed by atoms with van der Waals surface area (Å²) in [7, 11) is 0. The molecule has 0 heterocycles. The first-order valence-electron chi connectivity index (χ1n) is 5.72. The molecule has 2 heteroatoms. The Kier molecular flexibility index (Phi) is 3.72. The molecule has 0 amide bonds. The molecule has 0 radical (unpaired) electrons. The zero-order chi connectivity index (χ0) is 11.6. The summed E-state index contributed by atoms with van der Waals surface area (Å²) in [6.45, 7) is 8.07. The second-order valence-corrected chi connectivity index (χ2v) is 5.37. The Hall–Kier alpha value is -0.630. The van der Waals surface area contributed by atoms with Crippen molar-refractivity contribution in [3.8, 4) is 0 Å². The molecule has 86 valence electrons. The lowest BCUT2D eigenvalue weighted by molar-refractivity contribution is -0.127. The molecule has 1 rings (SSSR count). The normalized spacial score (nSPS) is 27.0. The fraction of sp³-hybridized carbons (Fsp3) is 0.769. The molecule has 0 aromatic heterocycles. The Morgan fingerprint density at radius 1 is 1.67 bits per heavy atom. The number of aliphatic hydroxyl groups is 1. The highest BCUT2D eigenvalue weighted by molar-refractivity contribution is 5.83. The SMILES string of the molecule is CC1=CCCC(C)(C)C1CC(=O)C(C)O. The summed E-state index contributed by atoms with van der Waals surface area (Å²) in [5, 5.41) is 9.24. The zero-order valence-corrected chi connectivity index (χ0v) is 10.2. The third-order valence-corrected chi connectivity index (χ3v) is 3.62. The second-order valence-electron chi connectivity index (χ2n) is 5.37. The Morgan fingerprint density at radius 2 is 2.27 bits per heavy atom. The van der Waals surface area contributed by atoms with Gasteiger partial charge in [0, 0.05) is 6.42 Å². The lowest BCUT2D eigenvalue weighted by atomic mass is 9.66. The van der Waals surface area contributed by atoms with Crippen molar-refractivity contribution in [1.29, 1.82) is 0 Å². The number of allylic oxidation sites excluding steroid dienone is 2. The summed E-state index contributed by atoms with van der Waals surface area (Å²) >= 11 is 0. The summed E-state index contributed by atoms with van der Waals surface area (Å²) in [4.78, 5) is 11.6. The number of rotatable bonds is 3. The first kappa shape index (κ1) is 12.4. The molecule has 0 aromatic carbocycles. The van der Waals surface area contributed by atoms with Crippen molar-refractivity contribution in [3.63, 3.8) is 0 Å². The number of hydrogen-bond donors (Lipinski definition) is 1. The molecule has 0 bridgehead atoms. The van der Waals surface area contributed by atoms with E-state index >= 15 is 0 Å². The van der Waals surface area contributed by atoms with Gasteiger partial charge in [-0.3, -0.25) is 4.79 Å². The topological polar surface area (TPSA) is 37.3 Å². The van der Waals surface area contributed by atoms with Crippen LogP contribution in [-0.2, 0) is 4.79 Å². The average Bonchev–Trinajstić information content (AvgIpc) is 2.10. The van der Waals surface area contributed by atoms with Crippen LogP contribution in [-0.4, -0.2) is 17.0 Å². The molecule has 0 aromatic rings. The fourth-order valence-corrected chi connectivity index (χ4v) is 2.41. The summed E-state index contributed by atoms with van der Waals surface area (Å²) in [6, 6.07) is 0. The molecule has 1 aliphatic carbocycles. The lowest BCUT2D eigenvalue weighted by Gasteiger charge is -2.38. The molecule has 0 spiro atoms. The van der Waals surface area contributed by atoms with E-state index in [0.717, 1.165) is 12.8 Å². The van der Waals surface area contributed by atoms with Gasteiger partial charge in [-0.1, -0.05) is 25.5 Å². The van der Waals surface area contributed by atoms with Gasteiger partial charge in [-0.2, -0.15) is 0 Å². The van der Waals surface area contributed by atoms with Crippen LogP contribution in [0.4, 0.5) is 0 Å². The van der Waals surface area contributed by atoms with Crippen LogP contribution in [0.3, 0.4) is 0 Å². The van der Waals surface area contributed by atoms with Crippen molar-refractivity contribution >= 4 is 5.78 Å². The van der Waals surface area contributed by atoms with E-state index in [-0.39, 0.29) is 11.2 Å².